The number of hydrogen-bond acceptors (Lipinski definition) is 3. The molecule has 0 saturated heterocycles. The summed E-state index contributed by atoms with van der Waals surface area (Å²) in [5.74, 6) is -0.281. The Kier molecular flexibility index (Phi) is 5.80. The summed E-state index contributed by atoms with van der Waals surface area (Å²) in [7, 11) is 1.60. The minimum absolute atomic E-state index is 0.0768. The normalized spacial score (nSPS) is 11.0. The number of carboxylic acid groups (broad SMARTS) is 1. The zero-order valence-electron chi connectivity index (χ0n) is 14.7. The van der Waals surface area contributed by atoms with Gasteiger partial charge in [-0.25, -0.2) is 4.79 Å². The van der Waals surface area contributed by atoms with Crippen LogP contribution in [0, 0.1) is 0 Å². The van der Waals surface area contributed by atoms with Crippen LogP contribution in [0.5, 0.6) is 5.75 Å². The van der Waals surface area contributed by atoms with Crippen LogP contribution < -0.4 is 10.1 Å². The molecule has 0 atom stereocenters. The molecule has 0 spiro atoms. The highest BCUT2D eigenvalue weighted by Gasteiger charge is 2.29. The summed E-state index contributed by atoms with van der Waals surface area (Å²) in [6.07, 6.45) is 0.575. The lowest BCUT2D eigenvalue weighted by molar-refractivity contribution is -0.125. The van der Waals surface area contributed by atoms with Crippen molar-refractivity contribution in [2.45, 2.75) is 25.7 Å². The first-order valence-corrected chi connectivity index (χ1v) is 8.09. The number of aromatic carboxylic acids is 1. The Labute approximate surface area is 147 Å². The molecule has 0 aliphatic rings. The van der Waals surface area contributed by atoms with Gasteiger partial charge in [0.1, 0.15) is 5.75 Å². The number of hydrogen-bond donors (Lipinski definition) is 2. The second-order valence-corrected chi connectivity index (χ2v) is 6.36. The van der Waals surface area contributed by atoms with E-state index in [-0.39, 0.29) is 11.5 Å². The molecule has 0 saturated carbocycles. The van der Waals surface area contributed by atoms with Crippen LogP contribution in [0.1, 0.15) is 35.3 Å². The van der Waals surface area contributed by atoms with Crippen LogP contribution in [0.2, 0.25) is 0 Å². The van der Waals surface area contributed by atoms with Crippen LogP contribution in [0.25, 0.3) is 0 Å². The van der Waals surface area contributed by atoms with Gasteiger partial charge in [0.15, 0.2) is 0 Å². The number of rotatable bonds is 7. The fraction of sp³-hybridized carbons (Fsp3) is 0.300. The molecule has 0 aliphatic carbocycles. The SMILES string of the molecule is COc1ccc(C(C)(C)C(=O)NCCc2cccc(C(=O)O)c2)cc1. The zero-order chi connectivity index (χ0) is 18.4. The predicted molar refractivity (Wildman–Crippen MR) is 96.1 cm³/mol. The van der Waals surface area contributed by atoms with Crippen molar-refractivity contribution in [2.24, 2.45) is 0 Å². The molecule has 2 N–H and O–H groups in total. The van der Waals surface area contributed by atoms with Gasteiger partial charge in [0, 0.05) is 6.54 Å². The highest BCUT2D eigenvalue weighted by molar-refractivity contribution is 5.88. The lowest BCUT2D eigenvalue weighted by Gasteiger charge is -2.24. The van der Waals surface area contributed by atoms with E-state index in [0.717, 1.165) is 16.9 Å². The maximum Gasteiger partial charge on any atom is 0.335 e. The van der Waals surface area contributed by atoms with Gasteiger partial charge in [-0.15, -0.1) is 0 Å². The molecule has 0 fully saturated rings. The highest BCUT2D eigenvalue weighted by Crippen LogP contribution is 2.25. The summed E-state index contributed by atoms with van der Waals surface area (Å²) in [4.78, 5) is 23.5. The molecule has 0 aliphatic heterocycles. The third kappa shape index (κ3) is 4.59. The molecule has 25 heavy (non-hydrogen) atoms. The molecule has 2 aromatic carbocycles. The van der Waals surface area contributed by atoms with Crippen molar-refractivity contribution in [3.05, 3.63) is 65.2 Å². The average molecular weight is 341 g/mol. The first-order chi connectivity index (χ1) is 11.8. The van der Waals surface area contributed by atoms with E-state index in [9.17, 15) is 9.59 Å². The van der Waals surface area contributed by atoms with E-state index >= 15 is 0 Å². The number of nitrogens with one attached hydrogen (secondary N) is 1. The molecule has 2 rings (SSSR count). The quantitative estimate of drug-likeness (QED) is 0.812. The van der Waals surface area contributed by atoms with Gasteiger partial charge in [0.2, 0.25) is 5.91 Å². The van der Waals surface area contributed by atoms with Crippen molar-refractivity contribution < 1.29 is 19.4 Å². The van der Waals surface area contributed by atoms with E-state index in [4.69, 9.17) is 9.84 Å². The van der Waals surface area contributed by atoms with Gasteiger partial charge in [-0.3, -0.25) is 4.79 Å². The molecule has 0 bridgehead atoms. The number of carboxylic acids is 1. The Hall–Kier alpha value is -2.82. The van der Waals surface area contributed by atoms with Crippen molar-refractivity contribution in [2.75, 3.05) is 13.7 Å². The van der Waals surface area contributed by atoms with Crippen LogP contribution in [0.3, 0.4) is 0 Å². The summed E-state index contributed by atoms with van der Waals surface area (Å²) in [5.41, 5.74) is 1.36. The summed E-state index contributed by atoms with van der Waals surface area (Å²) < 4.78 is 5.14. The lowest BCUT2D eigenvalue weighted by atomic mass is 9.83. The second-order valence-electron chi connectivity index (χ2n) is 6.36. The molecule has 0 heterocycles. The van der Waals surface area contributed by atoms with E-state index in [1.807, 2.05) is 44.2 Å². The maximum atomic E-state index is 12.5. The molecule has 0 aromatic heterocycles. The fourth-order valence-electron chi connectivity index (χ4n) is 2.54. The van der Waals surface area contributed by atoms with Crippen molar-refractivity contribution in [1.82, 2.24) is 5.32 Å². The second kappa shape index (κ2) is 7.83. The number of methoxy groups -OCH3 is 1. The van der Waals surface area contributed by atoms with Crippen molar-refractivity contribution >= 4 is 11.9 Å². The molecule has 0 radical (unpaired) electrons. The van der Waals surface area contributed by atoms with Crippen LogP contribution in [-0.4, -0.2) is 30.6 Å². The Morgan fingerprint density at radius 1 is 1.12 bits per heavy atom. The van der Waals surface area contributed by atoms with Crippen LogP contribution in [0.4, 0.5) is 0 Å². The molecule has 5 nitrogen and oxygen atoms in total. The minimum atomic E-state index is -0.952. The maximum absolute atomic E-state index is 12.5. The number of amides is 1. The third-order valence-electron chi connectivity index (χ3n) is 4.25. The van der Waals surface area contributed by atoms with E-state index in [1.54, 1.807) is 25.3 Å². The summed E-state index contributed by atoms with van der Waals surface area (Å²) in [6, 6.07) is 14.2. The zero-order valence-corrected chi connectivity index (χ0v) is 14.7. The molecule has 2 aromatic rings. The monoisotopic (exact) mass is 341 g/mol. The number of benzene rings is 2. The smallest absolute Gasteiger partial charge is 0.335 e. The van der Waals surface area contributed by atoms with Crippen molar-refractivity contribution in [3.63, 3.8) is 0 Å². The Morgan fingerprint density at radius 2 is 1.80 bits per heavy atom. The fourth-order valence-corrected chi connectivity index (χ4v) is 2.54. The average Bonchev–Trinajstić information content (AvgIpc) is 2.61. The third-order valence-corrected chi connectivity index (χ3v) is 4.25. The summed E-state index contributed by atoms with van der Waals surface area (Å²) in [5, 5.41) is 11.9. The van der Waals surface area contributed by atoms with Gasteiger partial charge in [-0.2, -0.15) is 0 Å². The van der Waals surface area contributed by atoms with Crippen molar-refractivity contribution in [3.8, 4) is 5.75 Å². The molecule has 1 amide bonds. The largest absolute Gasteiger partial charge is 0.497 e. The summed E-state index contributed by atoms with van der Waals surface area (Å²) in [6.45, 7) is 4.19. The number of carbonyl (C=O) groups is 2. The molecule has 0 unspecified atom stereocenters. The van der Waals surface area contributed by atoms with Crippen LogP contribution in [0.15, 0.2) is 48.5 Å². The van der Waals surface area contributed by atoms with Gasteiger partial charge in [-0.1, -0.05) is 24.3 Å². The Morgan fingerprint density at radius 3 is 2.40 bits per heavy atom. The first kappa shape index (κ1) is 18.5. The Bertz CT molecular complexity index is 751. The molecule has 5 heteroatoms. The Balaban J connectivity index is 1.96. The number of carbonyl (C=O) groups excluding carboxylic acids is 1. The molecular weight excluding hydrogens is 318 g/mol. The predicted octanol–water partition coefficient (Wildman–Crippen LogP) is 3.03. The van der Waals surface area contributed by atoms with E-state index in [0.29, 0.717) is 13.0 Å². The van der Waals surface area contributed by atoms with Crippen LogP contribution >= 0.6 is 0 Å². The van der Waals surface area contributed by atoms with Gasteiger partial charge in [0.25, 0.3) is 0 Å². The molecule has 132 valence electrons. The van der Waals surface area contributed by atoms with Crippen LogP contribution in [-0.2, 0) is 16.6 Å². The lowest BCUT2D eigenvalue weighted by Crippen LogP contribution is -2.40. The first-order valence-electron chi connectivity index (χ1n) is 8.09. The molecular formula is C20H23NO4. The van der Waals surface area contributed by atoms with Gasteiger partial charge < -0.3 is 15.2 Å². The minimum Gasteiger partial charge on any atom is -0.497 e. The summed E-state index contributed by atoms with van der Waals surface area (Å²) >= 11 is 0. The van der Waals surface area contributed by atoms with Gasteiger partial charge in [-0.05, 0) is 55.7 Å². The van der Waals surface area contributed by atoms with E-state index in [1.165, 1.54) is 0 Å². The topological polar surface area (TPSA) is 75.6 Å². The highest BCUT2D eigenvalue weighted by atomic mass is 16.5. The van der Waals surface area contributed by atoms with Gasteiger partial charge >= 0.3 is 5.97 Å². The van der Waals surface area contributed by atoms with Gasteiger partial charge in [0.05, 0.1) is 18.1 Å². The number of ether oxygens (including phenoxy) is 1. The standard InChI is InChI=1S/C20H23NO4/c1-20(2,16-7-9-17(25-3)10-8-16)19(24)21-12-11-14-5-4-6-15(13-14)18(22)23/h4-10,13H,11-12H2,1-3H3,(H,21,24)(H,22,23). The van der Waals surface area contributed by atoms with Crippen molar-refractivity contribution in [1.29, 1.82) is 0 Å². The van der Waals surface area contributed by atoms with E-state index in [2.05, 4.69) is 5.32 Å². The van der Waals surface area contributed by atoms with E-state index < -0.39 is 11.4 Å².